The van der Waals surface area contributed by atoms with Gasteiger partial charge in [0.1, 0.15) is 0 Å². The van der Waals surface area contributed by atoms with Gasteiger partial charge in [0.15, 0.2) is 6.10 Å². The Balaban J connectivity index is 2.97. The molecular formula is C11H14O3S. The molecule has 1 aromatic carbocycles. The zero-order valence-corrected chi connectivity index (χ0v) is 9.80. The molecule has 15 heavy (non-hydrogen) atoms. The topological polar surface area (TPSA) is 46.5 Å². The van der Waals surface area contributed by atoms with Crippen LogP contribution in [0.2, 0.25) is 0 Å². The molecule has 1 N–H and O–H groups in total. The molecule has 0 aliphatic carbocycles. The summed E-state index contributed by atoms with van der Waals surface area (Å²) >= 11 is 1.63. The third-order valence-electron chi connectivity index (χ3n) is 2.16. The molecule has 1 atom stereocenters. The van der Waals surface area contributed by atoms with Crippen molar-refractivity contribution in [3.63, 3.8) is 0 Å². The third kappa shape index (κ3) is 2.73. The van der Waals surface area contributed by atoms with Gasteiger partial charge in [-0.2, -0.15) is 0 Å². The van der Waals surface area contributed by atoms with E-state index in [-0.39, 0.29) is 0 Å². The van der Waals surface area contributed by atoms with Crippen LogP contribution in [0.3, 0.4) is 0 Å². The molecule has 0 amide bonds. The van der Waals surface area contributed by atoms with Gasteiger partial charge < -0.3 is 9.84 Å². The quantitative estimate of drug-likeness (QED) is 0.632. The number of hydrogen-bond acceptors (Lipinski definition) is 4. The van der Waals surface area contributed by atoms with E-state index in [0.717, 1.165) is 10.5 Å². The van der Waals surface area contributed by atoms with E-state index in [0.29, 0.717) is 5.56 Å². The van der Waals surface area contributed by atoms with Crippen molar-refractivity contribution in [2.24, 2.45) is 0 Å². The van der Waals surface area contributed by atoms with Crippen molar-refractivity contribution < 1.29 is 14.6 Å². The van der Waals surface area contributed by atoms with Crippen molar-refractivity contribution in [3.05, 3.63) is 29.3 Å². The number of aryl methyl sites for hydroxylation is 1. The summed E-state index contributed by atoms with van der Waals surface area (Å²) in [7, 11) is 1.26. The number of methoxy groups -OCH3 is 1. The summed E-state index contributed by atoms with van der Waals surface area (Å²) in [6.45, 7) is 1.94. The Morgan fingerprint density at radius 3 is 2.67 bits per heavy atom. The van der Waals surface area contributed by atoms with Gasteiger partial charge in [0, 0.05) is 4.90 Å². The fraction of sp³-hybridized carbons (Fsp3) is 0.364. The lowest BCUT2D eigenvalue weighted by Crippen LogP contribution is -2.13. The van der Waals surface area contributed by atoms with E-state index in [4.69, 9.17) is 0 Å². The van der Waals surface area contributed by atoms with Gasteiger partial charge in [0.25, 0.3) is 0 Å². The van der Waals surface area contributed by atoms with Crippen LogP contribution in [-0.4, -0.2) is 24.4 Å². The minimum atomic E-state index is -1.19. The first-order valence-corrected chi connectivity index (χ1v) is 5.73. The van der Waals surface area contributed by atoms with E-state index in [1.54, 1.807) is 23.9 Å². The second-order valence-electron chi connectivity index (χ2n) is 3.15. The maximum Gasteiger partial charge on any atom is 0.339 e. The number of esters is 1. The average Bonchev–Trinajstić information content (AvgIpc) is 2.26. The Bertz CT molecular complexity index is 363. The van der Waals surface area contributed by atoms with Crippen molar-refractivity contribution >= 4 is 17.7 Å². The van der Waals surface area contributed by atoms with Crippen LogP contribution in [0.4, 0.5) is 0 Å². The number of benzene rings is 1. The van der Waals surface area contributed by atoms with Crippen LogP contribution < -0.4 is 0 Å². The first-order valence-electron chi connectivity index (χ1n) is 4.50. The molecule has 0 radical (unpaired) electrons. The number of carbonyl (C=O) groups is 1. The largest absolute Gasteiger partial charge is 0.467 e. The minimum Gasteiger partial charge on any atom is -0.467 e. The zero-order valence-electron chi connectivity index (χ0n) is 8.98. The van der Waals surface area contributed by atoms with E-state index in [1.165, 1.54) is 7.11 Å². The fourth-order valence-electron chi connectivity index (χ4n) is 1.32. The lowest BCUT2D eigenvalue weighted by molar-refractivity contribution is -0.150. The van der Waals surface area contributed by atoms with E-state index in [1.807, 2.05) is 19.2 Å². The summed E-state index contributed by atoms with van der Waals surface area (Å²) in [5.74, 6) is -0.633. The third-order valence-corrected chi connectivity index (χ3v) is 3.06. The molecule has 4 heteroatoms. The summed E-state index contributed by atoms with van der Waals surface area (Å²) in [4.78, 5) is 12.2. The Morgan fingerprint density at radius 1 is 1.53 bits per heavy atom. The number of carbonyl (C=O) groups excluding carboxylic acids is 1. The molecule has 1 aromatic rings. The van der Waals surface area contributed by atoms with Crippen LogP contribution in [0.25, 0.3) is 0 Å². The molecule has 0 aromatic heterocycles. The van der Waals surface area contributed by atoms with Crippen LogP contribution in [0.5, 0.6) is 0 Å². The first kappa shape index (κ1) is 12.1. The summed E-state index contributed by atoms with van der Waals surface area (Å²) in [6, 6.07) is 5.43. The molecule has 0 fully saturated rings. The second-order valence-corrected chi connectivity index (χ2v) is 4.00. The smallest absolute Gasteiger partial charge is 0.339 e. The highest BCUT2D eigenvalue weighted by Gasteiger charge is 2.18. The van der Waals surface area contributed by atoms with Crippen LogP contribution in [0, 0.1) is 6.92 Å². The van der Waals surface area contributed by atoms with Crippen LogP contribution in [-0.2, 0) is 9.53 Å². The van der Waals surface area contributed by atoms with E-state index in [2.05, 4.69) is 4.74 Å². The van der Waals surface area contributed by atoms with Crippen LogP contribution in [0.15, 0.2) is 23.1 Å². The second kappa shape index (κ2) is 5.19. The number of hydrogen-bond donors (Lipinski definition) is 1. The average molecular weight is 226 g/mol. The highest BCUT2D eigenvalue weighted by molar-refractivity contribution is 7.98. The summed E-state index contributed by atoms with van der Waals surface area (Å²) in [6.07, 6.45) is 0.795. The Hall–Kier alpha value is -1.00. The van der Waals surface area contributed by atoms with Crippen molar-refractivity contribution in [1.82, 2.24) is 0 Å². The predicted octanol–water partition coefficient (Wildman–Crippen LogP) is 1.92. The van der Waals surface area contributed by atoms with Crippen molar-refractivity contribution in [1.29, 1.82) is 0 Å². The standard InChI is InChI=1S/C11H14O3S/c1-7-6-8(4-5-9(7)15-3)10(12)11(13)14-2/h4-6,10,12H,1-3H3. The van der Waals surface area contributed by atoms with E-state index < -0.39 is 12.1 Å². The molecule has 1 unspecified atom stereocenters. The molecule has 1 rings (SSSR count). The zero-order chi connectivity index (χ0) is 11.4. The fourth-order valence-corrected chi connectivity index (χ4v) is 1.90. The number of aliphatic hydroxyl groups excluding tert-OH is 1. The molecule has 0 saturated heterocycles. The number of aliphatic hydroxyl groups is 1. The van der Waals surface area contributed by atoms with Gasteiger partial charge in [0.2, 0.25) is 0 Å². The minimum absolute atomic E-state index is 0.567. The van der Waals surface area contributed by atoms with Crippen molar-refractivity contribution in [2.75, 3.05) is 13.4 Å². The van der Waals surface area contributed by atoms with Crippen LogP contribution in [0.1, 0.15) is 17.2 Å². The van der Waals surface area contributed by atoms with Gasteiger partial charge in [-0.05, 0) is 30.4 Å². The number of rotatable bonds is 3. The molecule has 0 aliphatic rings. The van der Waals surface area contributed by atoms with Gasteiger partial charge in [-0.15, -0.1) is 11.8 Å². The number of thioether (sulfide) groups is 1. The molecule has 0 bridgehead atoms. The predicted molar refractivity (Wildman–Crippen MR) is 59.9 cm³/mol. The molecule has 0 spiro atoms. The monoisotopic (exact) mass is 226 g/mol. The highest BCUT2D eigenvalue weighted by Crippen LogP contribution is 2.24. The molecule has 0 aliphatic heterocycles. The molecule has 0 heterocycles. The first-order chi connectivity index (χ1) is 7.10. The lowest BCUT2D eigenvalue weighted by Gasteiger charge is -2.10. The summed E-state index contributed by atoms with van der Waals surface area (Å²) in [5, 5.41) is 9.60. The SMILES string of the molecule is COC(=O)C(O)c1ccc(SC)c(C)c1. The molecule has 3 nitrogen and oxygen atoms in total. The molecule has 82 valence electrons. The summed E-state index contributed by atoms with van der Waals surface area (Å²) < 4.78 is 4.47. The maximum absolute atomic E-state index is 11.1. The van der Waals surface area contributed by atoms with E-state index >= 15 is 0 Å². The van der Waals surface area contributed by atoms with Gasteiger partial charge >= 0.3 is 5.97 Å². The molecular weight excluding hydrogens is 212 g/mol. The van der Waals surface area contributed by atoms with E-state index in [9.17, 15) is 9.90 Å². The van der Waals surface area contributed by atoms with Gasteiger partial charge in [0.05, 0.1) is 7.11 Å². The van der Waals surface area contributed by atoms with Crippen molar-refractivity contribution in [2.45, 2.75) is 17.9 Å². The molecule has 0 saturated carbocycles. The highest BCUT2D eigenvalue weighted by atomic mass is 32.2. The Morgan fingerprint density at radius 2 is 2.20 bits per heavy atom. The van der Waals surface area contributed by atoms with Crippen molar-refractivity contribution in [3.8, 4) is 0 Å². The van der Waals surface area contributed by atoms with Gasteiger partial charge in [-0.25, -0.2) is 4.79 Å². The Kier molecular flexibility index (Phi) is 4.17. The number of ether oxygens (including phenoxy) is 1. The van der Waals surface area contributed by atoms with Gasteiger partial charge in [-0.1, -0.05) is 12.1 Å². The maximum atomic E-state index is 11.1. The van der Waals surface area contributed by atoms with Crippen LogP contribution >= 0.6 is 11.8 Å². The summed E-state index contributed by atoms with van der Waals surface area (Å²) in [5.41, 5.74) is 1.61. The lowest BCUT2D eigenvalue weighted by atomic mass is 10.1. The Labute approximate surface area is 93.4 Å². The van der Waals surface area contributed by atoms with Gasteiger partial charge in [-0.3, -0.25) is 0 Å². The normalized spacial score (nSPS) is 12.3.